The Kier molecular flexibility index (Phi) is 3.72. The Morgan fingerprint density at radius 2 is 1.30 bits per heavy atom. The fourth-order valence-corrected chi connectivity index (χ4v) is 3.29. The Morgan fingerprint density at radius 1 is 0.667 bits per heavy atom. The van der Waals surface area contributed by atoms with Gasteiger partial charge in [-0.25, -0.2) is 0 Å². The standard InChI is InChI=1S/C26H23N/c1-18-8-10-21(11-9-18)22-12-14-23(15-13-22)25-16-26(27-17-20(25)3)24-7-5-4-6-19(24)2/h4-17H,1-3H3/i3D3. The van der Waals surface area contributed by atoms with Crippen LogP contribution in [0.1, 0.15) is 20.8 Å². The van der Waals surface area contributed by atoms with E-state index in [9.17, 15) is 0 Å². The lowest BCUT2D eigenvalue weighted by Crippen LogP contribution is -1.91. The molecule has 0 N–H and O–H groups in total. The molecule has 1 aromatic heterocycles. The number of pyridine rings is 1. The topological polar surface area (TPSA) is 12.9 Å². The highest BCUT2D eigenvalue weighted by Gasteiger charge is 2.08. The summed E-state index contributed by atoms with van der Waals surface area (Å²) in [7, 11) is 0. The fraction of sp³-hybridized carbons (Fsp3) is 0.115. The molecule has 0 aliphatic rings. The van der Waals surface area contributed by atoms with E-state index >= 15 is 0 Å². The van der Waals surface area contributed by atoms with Gasteiger partial charge in [-0.05, 0) is 60.1 Å². The van der Waals surface area contributed by atoms with Crippen LogP contribution in [0, 0.1) is 20.7 Å². The molecule has 0 atom stereocenters. The summed E-state index contributed by atoms with van der Waals surface area (Å²) < 4.78 is 23.9. The second-order valence-corrected chi connectivity index (χ2v) is 6.87. The van der Waals surface area contributed by atoms with E-state index in [1.54, 1.807) is 0 Å². The zero-order valence-corrected chi connectivity index (χ0v) is 15.5. The number of hydrogen-bond acceptors (Lipinski definition) is 1. The number of benzene rings is 3. The predicted octanol–water partition coefficient (Wildman–Crippen LogP) is 7.01. The maximum atomic E-state index is 7.97. The number of aromatic nitrogens is 1. The summed E-state index contributed by atoms with van der Waals surface area (Å²) in [6.45, 7) is 1.87. The monoisotopic (exact) mass is 352 g/mol. The first-order valence-corrected chi connectivity index (χ1v) is 9.07. The lowest BCUT2D eigenvalue weighted by molar-refractivity contribution is 1.26. The van der Waals surface area contributed by atoms with Crippen LogP contribution >= 0.6 is 0 Å². The minimum Gasteiger partial charge on any atom is -0.256 e. The SMILES string of the molecule is [2H]C([2H])([2H])c1cnc(-c2ccccc2C)cc1-c1ccc(-c2ccc(C)cc2)cc1. The van der Waals surface area contributed by atoms with Crippen LogP contribution in [0.5, 0.6) is 0 Å². The summed E-state index contributed by atoms with van der Waals surface area (Å²) in [6, 6.07) is 26.3. The summed E-state index contributed by atoms with van der Waals surface area (Å²) >= 11 is 0. The number of rotatable bonds is 3. The maximum absolute atomic E-state index is 7.97. The van der Waals surface area contributed by atoms with E-state index in [0.29, 0.717) is 5.56 Å². The van der Waals surface area contributed by atoms with Crippen molar-refractivity contribution in [2.24, 2.45) is 0 Å². The molecule has 0 fully saturated rings. The van der Waals surface area contributed by atoms with Crippen LogP contribution in [-0.2, 0) is 0 Å². The van der Waals surface area contributed by atoms with Gasteiger partial charge in [0.15, 0.2) is 0 Å². The zero-order valence-electron chi connectivity index (χ0n) is 18.5. The van der Waals surface area contributed by atoms with E-state index in [1.165, 1.54) is 11.8 Å². The van der Waals surface area contributed by atoms with Crippen LogP contribution < -0.4 is 0 Å². The Bertz CT molecular complexity index is 1170. The van der Waals surface area contributed by atoms with E-state index in [-0.39, 0.29) is 5.56 Å². The summed E-state index contributed by atoms with van der Waals surface area (Å²) in [5.41, 5.74) is 8.17. The minimum absolute atomic E-state index is 0.267. The molecular weight excluding hydrogens is 326 g/mol. The highest BCUT2D eigenvalue weighted by atomic mass is 14.7. The van der Waals surface area contributed by atoms with Crippen molar-refractivity contribution >= 4 is 0 Å². The van der Waals surface area contributed by atoms with Crippen molar-refractivity contribution < 1.29 is 4.11 Å². The molecule has 0 saturated carbocycles. The molecule has 132 valence electrons. The first-order valence-electron chi connectivity index (χ1n) is 10.6. The maximum Gasteiger partial charge on any atom is 0.0711 e. The Balaban J connectivity index is 1.81. The molecule has 0 aliphatic heterocycles. The van der Waals surface area contributed by atoms with Gasteiger partial charge in [0.25, 0.3) is 0 Å². The van der Waals surface area contributed by atoms with Crippen molar-refractivity contribution in [2.75, 3.05) is 0 Å². The van der Waals surface area contributed by atoms with Crippen LogP contribution in [-0.4, -0.2) is 4.98 Å². The van der Waals surface area contributed by atoms with Crippen molar-refractivity contribution in [1.29, 1.82) is 0 Å². The number of aryl methyl sites for hydroxylation is 3. The summed E-state index contributed by atoms with van der Waals surface area (Å²) in [5.74, 6) is 0. The van der Waals surface area contributed by atoms with Gasteiger partial charge in [-0.1, -0.05) is 78.4 Å². The molecule has 27 heavy (non-hydrogen) atoms. The van der Waals surface area contributed by atoms with Crippen molar-refractivity contribution in [2.45, 2.75) is 20.7 Å². The van der Waals surface area contributed by atoms with Crippen LogP contribution in [0.25, 0.3) is 33.5 Å². The van der Waals surface area contributed by atoms with Crippen molar-refractivity contribution in [3.05, 3.63) is 102 Å². The normalized spacial score (nSPS) is 12.9. The van der Waals surface area contributed by atoms with E-state index in [2.05, 4.69) is 36.2 Å². The van der Waals surface area contributed by atoms with Crippen molar-refractivity contribution in [1.82, 2.24) is 4.98 Å². The van der Waals surface area contributed by atoms with Gasteiger partial charge in [0.1, 0.15) is 0 Å². The molecule has 0 amide bonds. The third-order valence-electron chi connectivity index (χ3n) is 4.91. The molecule has 4 aromatic rings. The lowest BCUT2D eigenvalue weighted by Gasteiger charge is -2.11. The first-order chi connectivity index (χ1) is 14.3. The highest BCUT2D eigenvalue weighted by Crippen LogP contribution is 2.30. The van der Waals surface area contributed by atoms with Crippen LogP contribution in [0.15, 0.2) is 85.1 Å². The van der Waals surface area contributed by atoms with Crippen molar-refractivity contribution in [3.8, 4) is 33.5 Å². The highest BCUT2D eigenvalue weighted by molar-refractivity contribution is 5.76. The molecule has 0 aliphatic carbocycles. The average molecular weight is 352 g/mol. The lowest BCUT2D eigenvalue weighted by atomic mass is 9.96. The largest absolute Gasteiger partial charge is 0.256 e. The van der Waals surface area contributed by atoms with Gasteiger partial charge in [-0.15, -0.1) is 0 Å². The molecule has 0 unspecified atom stereocenters. The van der Waals surface area contributed by atoms with Crippen LogP contribution in [0.3, 0.4) is 0 Å². The van der Waals surface area contributed by atoms with Crippen LogP contribution in [0.2, 0.25) is 0 Å². The Morgan fingerprint density at radius 3 is 1.96 bits per heavy atom. The summed E-state index contributed by atoms with van der Waals surface area (Å²) in [4.78, 5) is 4.48. The second-order valence-electron chi connectivity index (χ2n) is 6.87. The molecule has 3 aromatic carbocycles. The van der Waals surface area contributed by atoms with Gasteiger partial charge in [0.2, 0.25) is 0 Å². The molecule has 1 heteroatoms. The average Bonchev–Trinajstić information content (AvgIpc) is 2.74. The van der Waals surface area contributed by atoms with Crippen molar-refractivity contribution in [3.63, 3.8) is 0 Å². The number of hydrogen-bond donors (Lipinski definition) is 0. The van der Waals surface area contributed by atoms with E-state index < -0.39 is 6.85 Å². The molecule has 0 radical (unpaired) electrons. The minimum atomic E-state index is -2.23. The molecule has 0 saturated heterocycles. The molecular formula is C26H23N. The molecule has 1 heterocycles. The third kappa shape index (κ3) is 3.54. The molecule has 4 rings (SSSR count). The summed E-state index contributed by atoms with van der Waals surface area (Å²) in [6.07, 6.45) is 1.50. The van der Waals surface area contributed by atoms with Gasteiger partial charge < -0.3 is 0 Å². The van der Waals surface area contributed by atoms with Crippen LogP contribution in [0.4, 0.5) is 0 Å². The van der Waals surface area contributed by atoms with Gasteiger partial charge >= 0.3 is 0 Å². The van der Waals surface area contributed by atoms with E-state index in [4.69, 9.17) is 4.11 Å². The zero-order chi connectivity index (χ0) is 21.3. The van der Waals surface area contributed by atoms with Gasteiger partial charge in [0.05, 0.1) is 5.69 Å². The Labute approximate surface area is 165 Å². The second kappa shape index (κ2) is 7.20. The first kappa shape index (κ1) is 13.9. The van der Waals surface area contributed by atoms with Gasteiger partial charge in [-0.3, -0.25) is 4.98 Å². The fourth-order valence-electron chi connectivity index (χ4n) is 3.29. The molecule has 1 nitrogen and oxygen atoms in total. The smallest absolute Gasteiger partial charge is 0.0711 e. The third-order valence-corrected chi connectivity index (χ3v) is 4.91. The molecule has 0 spiro atoms. The Hall–Kier alpha value is -3.19. The van der Waals surface area contributed by atoms with E-state index in [0.717, 1.165) is 33.5 Å². The van der Waals surface area contributed by atoms with E-state index in [1.807, 2.05) is 61.5 Å². The summed E-state index contributed by atoms with van der Waals surface area (Å²) in [5, 5.41) is 0. The number of nitrogens with zero attached hydrogens (tertiary/aromatic N) is 1. The molecule has 0 bridgehead atoms. The van der Waals surface area contributed by atoms with Gasteiger partial charge in [0, 0.05) is 15.9 Å². The van der Waals surface area contributed by atoms with Gasteiger partial charge in [-0.2, -0.15) is 0 Å². The quantitative estimate of drug-likeness (QED) is 0.386. The predicted molar refractivity (Wildman–Crippen MR) is 115 cm³/mol.